The number of benzene rings is 2. The molecule has 2 aromatic carbocycles. The van der Waals surface area contributed by atoms with E-state index < -0.39 is 0 Å². The maximum atomic E-state index is 6.39. The number of alkyl halides is 1. The van der Waals surface area contributed by atoms with Crippen LogP contribution in [0, 0.1) is 0 Å². The minimum Gasteiger partial charge on any atom is -0.330 e. The Bertz CT molecular complexity index is 895. The molecule has 0 spiro atoms. The molecule has 0 heterocycles. The van der Waals surface area contributed by atoms with Gasteiger partial charge in [0.1, 0.15) is 0 Å². The molecule has 3 heteroatoms. The molecule has 0 amide bonds. The van der Waals surface area contributed by atoms with Crippen LogP contribution in [0.5, 0.6) is 0 Å². The first-order valence-corrected chi connectivity index (χ1v) is 11.5. The molecule has 0 fully saturated rings. The first kappa shape index (κ1) is 20.8. The first-order chi connectivity index (χ1) is 13.8. The lowest BCUT2D eigenvalue weighted by molar-refractivity contribution is 0.945. The van der Waals surface area contributed by atoms with Crippen molar-refractivity contribution in [2.75, 3.05) is 16.4 Å². The van der Waals surface area contributed by atoms with Gasteiger partial charge >= 0.3 is 0 Å². The molecule has 0 saturated carbocycles. The number of hydrogen-bond donors (Lipinski definition) is 1. The lowest BCUT2D eigenvalue weighted by Crippen LogP contribution is -1.94. The molecule has 1 aliphatic rings. The fourth-order valence-corrected chi connectivity index (χ4v) is 4.22. The molecule has 0 atom stereocenters. The Hall–Kier alpha value is -1.90. The number of nitrogens with one attached hydrogen (secondary N) is 1. The molecule has 1 aliphatic carbocycles. The second-order valence-electron chi connectivity index (χ2n) is 6.84. The Morgan fingerprint density at radius 3 is 2.71 bits per heavy atom. The fraction of sp³-hybridized carbons (Fsp3) is 0.280. The molecule has 2 aromatic rings. The average molecular weight is 410 g/mol. The van der Waals surface area contributed by atoms with Gasteiger partial charge in [0, 0.05) is 17.3 Å². The van der Waals surface area contributed by atoms with Gasteiger partial charge < -0.3 is 4.72 Å². The zero-order chi connectivity index (χ0) is 19.8. The van der Waals surface area contributed by atoms with Crippen molar-refractivity contribution in [1.29, 1.82) is 0 Å². The second kappa shape index (κ2) is 10.6. The van der Waals surface area contributed by atoms with Crippen molar-refractivity contribution in [3.8, 4) is 0 Å². The van der Waals surface area contributed by atoms with E-state index in [-0.39, 0.29) is 0 Å². The highest BCUT2D eigenvalue weighted by Crippen LogP contribution is 2.37. The van der Waals surface area contributed by atoms with Crippen molar-refractivity contribution in [3.63, 3.8) is 0 Å². The number of rotatable bonds is 7. The third-order valence-corrected chi connectivity index (χ3v) is 5.88. The number of allylic oxidation sites excluding steroid dienone is 5. The molecule has 0 unspecified atom stereocenters. The number of hydrogen-bond acceptors (Lipinski definition) is 2. The molecular formula is C25H28ClNS. The predicted molar refractivity (Wildman–Crippen MR) is 128 cm³/mol. The summed E-state index contributed by atoms with van der Waals surface area (Å²) in [5.74, 6) is 1.61. The summed E-state index contributed by atoms with van der Waals surface area (Å²) in [6, 6.07) is 17.4. The Morgan fingerprint density at radius 2 is 1.93 bits per heavy atom. The smallest absolute Gasteiger partial charge is 0.0446 e. The largest absolute Gasteiger partial charge is 0.330 e. The van der Waals surface area contributed by atoms with Crippen LogP contribution in [0.25, 0.3) is 11.6 Å². The zero-order valence-electron chi connectivity index (χ0n) is 16.7. The van der Waals surface area contributed by atoms with E-state index in [1.54, 1.807) is 11.9 Å². The lowest BCUT2D eigenvalue weighted by Gasteiger charge is -2.14. The van der Waals surface area contributed by atoms with Crippen molar-refractivity contribution in [1.82, 2.24) is 0 Å². The van der Waals surface area contributed by atoms with Gasteiger partial charge in [0.25, 0.3) is 0 Å². The Balaban J connectivity index is 2.14. The topological polar surface area (TPSA) is 12.0 Å². The van der Waals surface area contributed by atoms with Gasteiger partial charge in [-0.2, -0.15) is 0 Å². The minimum absolute atomic E-state index is 0.573. The van der Waals surface area contributed by atoms with Gasteiger partial charge in [0.05, 0.1) is 0 Å². The summed E-state index contributed by atoms with van der Waals surface area (Å²) in [5, 5.41) is 0. The number of fused-ring (bicyclic) bond motifs is 1. The Kier molecular flexibility index (Phi) is 7.88. The molecule has 0 saturated heterocycles. The van der Waals surface area contributed by atoms with Crippen LogP contribution in [0.2, 0.25) is 0 Å². The SMILES string of the molecule is CC/C=C\C1=C(CCl)CCc2ccccc2/C1=C/c1cccc(NSCC)c1. The molecule has 0 bridgehead atoms. The molecule has 1 N–H and O–H groups in total. The standard InChI is InChI=1S/C25H28ClNS/c1-3-5-12-24-21(18-26)15-14-20-10-6-7-13-23(20)25(24)17-19-9-8-11-22(16-19)27-28-4-2/h5-13,16-17,27H,3-4,14-15,18H2,1-2H3/b12-5-,25-17-. The molecule has 0 aliphatic heterocycles. The molecule has 3 rings (SSSR count). The van der Waals surface area contributed by atoms with Crippen LogP contribution in [0.3, 0.4) is 0 Å². The van der Waals surface area contributed by atoms with E-state index in [1.807, 2.05) is 0 Å². The van der Waals surface area contributed by atoms with E-state index in [2.05, 4.69) is 85.3 Å². The molecule has 28 heavy (non-hydrogen) atoms. The molecule has 0 aromatic heterocycles. The van der Waals surface area contributed by atoms with Crippen LogP contribution in [-0.2, 0) is 6.42 Å². The van der Waals surface area contributed by atoms with Gasteiger partial charge in [-0.25, -0.2) is 0 Å². The first-order valence-electron chi connectivity index (χ1n) is 9.99. The normalized spacial score (nSPS) is 15.8. The average Bonchev–Trinajstić information content (AvgIpc) is 2.88. The Morgan fingerprint density at radius 1 is 1.07 bits per heavy atom. The molecule has 146 valence electrons. The van der Waals surface area contributed by atoms with Crippen LogP contribution in [-0.4, -0.2) is 11.6 Å². The van der Waals surface area contributed by atoms with Gasteiger partial charge in [-0.3, -0.25) is 0 Å². The van der Waals surface area contributed by atoms with Gasteiger partial charge in [-0.15, -0.1) is 11.6 Å². The van der Waals surface area contributed by atoms with E-state index >= 15 is 0 Å². The van der Waals surface area contributed by atoms with Gasteiger partial charge in [-0.05, 0) is 70.9 Å². The molecule has 1 nitrogen and oxygen atoms in total. The minimum atomic E-state index is 0.573. The van der Waals surface area contributed by atoms with Crippen molar-refractivity contribution in [2.24, 2.45) is 0 Å². The summed E-state index contributed by atoms with van der Waals surface area (Å²) < 4.78 is 3.41. The van der Waals surface area contributed by atoms with Gasteiger partial charge in [0.2, 0.25) is 0 Å². The summed E-state index contributed by atoms with van der Waals surface area (Å²) in [6.07, 6.45) is 9.87. The van der Waals surface area contributed by atoms with E-state index in [9.17, 15) is 0 Å². The van der Waals surface area contributed by atoms with Crippen molar-refractivity contribution in [2.45, 2.75) is 33.1 Å². The summed E-state index contributed by atoms with van der Waals surface area (Å²) in [6.45, 7) is 4.32. The van der Waals surface area contributed by atoms with E-state index in [1.165, 1.54) is 33.4 Å². The van der Waals surface area contributed by atoms with Crippen LogP contribution in [0.15, 0.2) is 71.8 Å². The quantitative estimate of drug-likeness (QED) is 0.370. The van der Waals surface area contributed by atoms with E-state index in [0.717, 1.165) is 30.7 Å². The van der Waals surface area contributed by atoms with Crippen LogP contribution < -0.4 is 4.72 Å². The Labute approximate surface area is 178 Å². The monoisotopic (exact) mass is 409 g/mol. The third kappa shape index (κ3) is 5.12. The summed E-state index contributed by atoms with van der Waals surface area (Å²) in [7, 11) is 0. The lowest BCUT2D eigenvalue weighted by atomic mass is 9.91. The summed E-state index contributed by atoms with van der Waals surface area (Å²) >= 11 is 8.10. The van der Waals surface area contributed by atoms with E-state index in [0.29, 0.717) is 5.88 Å². The maximum absolute atomic E-state index is 6.39. The van der Waals surface area contributed by atoms with Crippen molar-refractivity contribution < 1.29 is 0 Å². The predicted octanol–water partition coefficient (Wildman–Crippen LogP) is 7.76. The number of aryl methyl sites for hydroxylation is 1. The van der Waals surface area contributed by atoms with Crippen LogP contribution in [0.4, 0.5) is 5.69 Å². The van der Waals surface area contributed by atoms with Crippen LogP contribution >= 0.6 is 23.5 Å². The van der Waals surface area contributed by atoms with Crippen molar-refractivity contribution >= 4 is 40.9 Å². The van der Waals surface area contributed by atoms with Crippen LogP contribution in [0.1, 0.15) is 43.4 Å². The van der Waals surface area contributed by atoms with Gasteiger partial charge in [-0.1, -0.05) is 74.3 Å². The summed E-state index contributed by atoms with van der Waals surface area (Å²) in [5.41, 5.74) is 8.92. The molecular weight excluding hydrogens is 382 g/mol. The number of halogens is 1. The highest BCUT2D eigenvalue weighted by atomic mass is 35.5. The maximum Gasteiger partial charge on any atom is 0.0446 e. The van der Waals surface area contributed by atoms with E-state index in [4.69, 9.17) is 11.6 Å². The highest BCUT2D eigenvalue weighted by molar-refractivity contribution is 8.00. The molecule has 0 radical (unpaired) electrons. The number of anilines is 1. The van der Waals surface area contributed by atoms with Gasteiger partial charge in [0.15, 0.2) is 0 Å². The van der Waals surface area contributed by atoms with Crippen molar-refractivity contribution in [3.05, 3.63) is 88.5 Å². The fourth-order valence-electron chi connectivity index (χ4n) is 3.51. The second-order valence-corrected chi connectivity index (χ2v) is 8.17. The summed E-state index contributed by atoms with van der Waals surface area (Å²) in [4.78, 5) is 0. The zero-order valence-corrected chi connectivity index (χ0v) is 18.2. The highest BCUT2D eigenvalue weighted by Gasteiger charge is 2.18. The third-order valence-electron chi connectivity index (χ3n) is 4.89.